The first-order valence-electron chi connectivity index (χ1n) is 6.52. The molecule has 0 aliphatic rings. The minimum Gasteiger partial charge on any atom is -0.389 e. The molecule has 96 valence electrons. The Morgan fingerprint density at radius 2 is 1.28 bits per heavy atom. The van der Waals surface area contributed by atoms with Crippen LogP contribution in [0.4, 0.5) is 0 Å². The number of rotatable bonds is 2. The zero-order chi connectivity index (χ0) is 13.4. The normalized spacial score (nSPS) is 11.3. The van der Waals surface area contributed by atoms with Gasteiger partial charge in [0.05, 0.1) is 6.10 Å². The van der Waals surface area contributed by atoms with Crippen LogP contribution in [0.15, 0.2) is 54.6 Å². The van der Waals surface area contributed by atoms with Crippen molar-refractivity contribution in [3.63, 3.8) is 0 Å². The van der Waals surface area contributed by atoms with Gasteiger partial charge in [0, 0.05) is 0 Å². The van der Waals surface area contributed by atoms with Gasteiger partial charge in [-0.1, -0.05) is 74.9 Å². The van der Waals surface area contributed by atoms with E-state index in [0.29, 0.717) is 0 Å². The summed E-state index contributed by atoms with van der Waals surface area (Å²) in [7, 11) is 0. The Balaban J connectivity index is 0.000000492. The third kappa shape index (κ3) is 4.34. The Bertz CT molecular complexity index is 429. The van der Waals surface area contributed by atoms with Gasteiger partial charge in [0.1, 0.15) is 0 Å². The Kier molecular flexibility index (Phi) is 6.16. The van der Waals surface area contributed by atoms with Gasteiger partial charge < -0.3 is 5.11 Å². The number of hydrogen-bond acceptors (Lipinski definition) is 1. The third-order valence-electron chi connectivity index (χ3n) is 2.50. The van der Waals surface area contributed by atoms with Crippen molar-refractivity contribution in [1.29, 1.82) is 0 Å². The van der Waals surface area contributed by atoms with Crippen LogP contribution in [-0.2, 0) is 0 Å². The van der Waals surface area contributed by atoms with E-state index in [0.717, 1.165) is 5.56 Å². The standard InChI is InChI=1S/C14H14O.C3H8/c1-11(15)12-7-9-14(10-8-12)13-5-3-2-4-6-13;1-3-2/h2-11,15H,1H3;3H2,1-2H3. The number of hydrogen-bond donors (Lipinski definition) is 1. The SMILES string of the molecule is CC(O)c1ccc(-c2ccccc2)cc1.CCC. The van der Waals surface area contributed by atoms with Crippen molar-refractivity contribution in [3.05, 3.63) is 60.2 Å². The van der Waals surface area contributed by atoms with Crippen molar-refractivity contribution >= 4 is 0 Å². The highest BCUT2D eigenvalue weighted by molar-refractivity contribution is 5.63. The molecule has 2 aromatic rings. The molecule has 0 fully saturated rings. The smallest absolute Gasteiger partial charge is 0.0761 e. The molecule has 1 unspecified atom stereocenters. The van der Waals surface area contributed by atoms with Gasteiger partial charge in [0.15, 0.2) is 0 Å². The summed E-state index contributed by atoms with van der Waals surface area (Å²) < 4.78 is 0. The van der Waals surface area contributed by atoms with Crippen molar-refractivity contribution in [2.45, 2.75) is 33.3 Å². The van der Waals surface area contributed by atoms with Crippen molar-refractivity contribution in [1.82, 2.24) is 0 Å². The summed E-state index contributed by atoms with van der Waals surface area (Å²) in [6.45, 7) is 6.03. The van der Waals surface area contributed by atoms with Crippen molar-refractivity contribution < 1.29 is 5.11 Å². The molecule has 0 aromatic heterocycles. The van der Waals surface area contributed by atoms with Crippen LogP contribution in [-0.4, -0.2) is 5.11 Å². The Morgan fingerprint density at radius 3 is 1.72 bits per heavy atom. The lowest BCUT2D eigenvalue weighted by atomic mass is 10.0. The maximum Gasteiger partial charge on any atom is 0.0761 e. The first-order valence-corrected chi connectivity index (χ1v) is 6.52. The Labute approximate surface area is 110 Å². The van der Waals surface area contributed by atoms with Crippen LogP contribution in [0.25, 0.3) is 11.1 Å². The van der Waals surface area contributed by atoms with E-state index in [4.69, 9.17) is 0 Å². The summed E-state index contributed by atoms with van der Waals surface area (Å²) >= 11 is 0. The number of aliphatic hydroxyl groups is 1. The third-order valence-corrected chi connectivity index (χ3v) is 2.50. The molecule has 2 aromatic carbocycles. The van der Waals surface area contributed by atoms with Gasteiger partial charge in [0.25, 0.3) is 0 Å². The summed E-state index contributed by atoms with van der Waals surface area (Å²) in [5.74, 6) is 0. The molecule has 0 aliphatic heterocycles. The first-order chi connectivity index (χ1) is 8.69. The molecule has 0 heterocycles. The quantitative estimate of drug-likeness (QED) is 0.800. The summed E-state index contributed by atoms with van der Waals surface area (Å²) in [6.07, 6.45) is 0.856. The second-order valence-electron chi connectivity index (χ2n) is 4.37. The molecule has 1 atom stereocenters. The predicted molar refractivity (Wildman–Crippen MR) is 78.5 cm³/mol. The molecule has 0 spiro atoms. The summed E-state index contributed by atoms with van der Waals surface area (Å²) in [4.78, 5) is 0. The highest BCUT2D eigenvalue weighted by Crippen LogP contribution is 2.21. The van der Waals surface area contributed by atoms with Crippen LogP contribution < -0.4 is 0 Å². The maximum absolute atomic E-state index is 9.39. The lowest BCUT2D eigenvalue weighted by Gasteiger charge is -2.06. The van der Waals surface area contributed by atoms with E-state index in [2.05, 4.69) is 26.0 Å². The minimum absolute atomic E-state index is 0.394. The van der Waals surface area contributed by atoms with Crippen LogP contribution >= 0.6 is 0 Å². The topological polar surface area (TPSA) is 20.2 Å². The van der Waals surface area contributed by atoms with Crippen molar-refractivity contribution in [2.75, 3.05) is 0 Å². The van der Waals surface area contributed by atoms with Gasteiger partial charge in [-0.25, -0.2) is 0 Å². The maximum atomic E-state index is 9.39. The van der Waals surface area contributed by atoms with Gasteiger partial charge in [-0.05, 0) is 23.6 Å². The first kappa shape index (κ1) is 14.5. The van der Waals surface area contributed by atoms with Crippen LogP contribution in [0, 0.1) is 0 Å². The summed E-state index contributed by atoms with van der Waals surface area (Å²) in [5.41, 5.74) is 3.34. The zero-order valence-corrected chi connectivity index (χ0v) is 11.4. The van der Waals surface area contributed by atoms with Crippen LogP contribution in [0.1, 0.15) is 38.9 Å². The summed E-state index contributed by atoms with van der Waals surface area (Å²) in [6, 6.07) is 18.2. The molecule has 2 rings (SSSR count). The molecular formula is C17H22O. The Morgan fingerprint density at radius 1 is 0.833 bits per heavy atom. The van der Waals surface area contributed by atoms with E-state index in [1.165, 1.54) is 17.5 Å². The lowest BCUT2D eigenvalue weighted by Crippen LogP contribution is -1.89. The molecule has 0 saturated heterocycles. The van der Waals surface area contributed by atoms with E-state index >= 15 is 0 Å². The molecule has 1 N–H and O–H groups in total. The predicted octanol–water partition coefficient (Wildman–Crippen LogP) is 4.82. The van der Waals surface area contributed by atoms with Crippen LogP contribution in [0.3, 0.4) is 0 Å². The molecular weight excluding hydrogens is 220 g/mol. The van der Waals surface area contributed by atoms with Gasteiger partial charge in [0.2, 0.25) is 0 Å². The fourth-order valence-corrected chi connectivity index (χ4v) is 1.58. The molecule has 0 bridgehead atoms. The van der Waals surface area contributed by atoms with Gasteiger partial charge in [-0.2, -0.15) is 0 Å². The molecule has 1 heteroatoms. The van der Waals surface area contributed by atoms with E-state index in [1.54, 1.807) is 6.92 Å². The fraction of sp³-hybridized carbons (Fsp3) is 0.294. The van der Waals surface area contributed by atoms with E-state index in [-0.39, 0.29) is 0 Å². The lowest BCUT2D eigenvalue weighted by molar-refractivity contribution is 0.199. The van der Waals surface area contributed by atoms with E-state index in [1.807, 2.05) is 42.5 Å². The Hall–Kier alpha value is -1.60. The van der Waals surface area contributed by atoms with Crippen LogP contribution in [0.2, 0.25) is 0 Å². The average molecular weight is 242 g/mol. The van der Waals surface area contributed by atoms with E-state index < -0.39 is 6.10 Å². The average Bonchev–Trinajstić information content (AvgIpc) is 2.41. The van der Waals surface area contributed by atoms with E-state index in [9.17, 15) is 5.11 Å². The molecule has 1 nitrogen and oxygen atoms in total. The largest absolute Gasteiger partial charge is 0.389 e. The molecule has 0 saturated carbocycles. The highest BCUT2D eigenvalue weighted by Gasteiger charge is 2.00. The number of aliphatic hydroxyl groups excluding tert-OH is 1. The molecule has 0 radical (unpaired) electrons. The van der Waals surface area contributed by atoms with Gasteiger partial charge >= 0.3 is 0 Å². The van der Waals surface area contributed by atoms with Gasteiger partial charge in [-0.3, -0.25) is 0 Å². The zero-order valence-electron chi connectivity index (χ0n) is 11.4. The second-order valence-corrected chi connectivity index (χ2v) is 4.37. The highest BCUT2D eigenvalue weighted by atomic mass is 16.3. The fourth-order valence-electron chi connectivity index (χ4n) is 1.58. The molecule has 0 amide bonds. The molecule has 18 heavy (non-hydrogen) atoms. The van der Waals surface area contributed by atoms with Crippen molar-refractivity contribution in [2.24, 2.45) is 0 Å². The number of benzene rings is 2. The van der Waals surface area contributed by atoms with Crippen molar-refractivity contribution in [3.8, 4) is 11.1 Å². The second kappa shape index (κ2) is 7.67. The monoisotopic (exact) mass is 242 g/mol. The summed E-state index contributed by atoms with van der Waals surface area (Å²) in [5, 5.41) is 9.39. The minimum atomic E-state index is -0.394. The van der Waals surface area contributed by atoms with Crippen LogP contribution in [0.5, 0.6) is 0 Å². The van der Waals surface area contributed by atoms with Gasteiger partial charge in [-0.15, -0.1) is 0 Å². The molecule has 0 aliphatic carbocycles.